The highest BCUT2D eigenvalue weighted by atomic mass is 16.3. The molecule has 3 heteroatoms. The Kier molecular flexibility index (Phi) is 5.03. The van der Waals surface area contributed by atoms with Gasteiger partial charge in [0, 0.05) is 6.04 Å². The molecule has 1 saturated heterocycles. The van der Waals surface area contributed by atoms with Crippen molar-refractivity contribution in [3.8, 4) is 0 Å². The van der Waals surface area contributed by atoms with Gasteiger partial charge in [-0.25, -0.2) is 0 Å². The Morgan fingerprint density at radius 1 is 1.47 bits per heavy atom. The first-order chi connectivity index (χ1) is 7.04. The molecule has 2 atom stereocenters. The third-order valence-corrected chi connectivity index (χ3v) is 3.28. The molecular weight excluding hydrogens is 188 g/mol. The number of hydrogen-bond donors (Lipinski definition) is 3. The Bertz CT molecular complexity index is 171. The van der Waals surface area contributed by atoms with Gasteiger partial charge in [-0.15, -0.1) is 0 Å². The summed E-state index contributed by atoms with van der Waals surface area (Å²) >= 11 is 0. The van der Waals surface area contributed by atoms with Crippen molar-refractivity contribution in [3.05, 3.63) is 0 Å². The number of nitrogens with one attached hydrogen (secondary N) is 2. The second-order valence-electron chi connectivity index (χ2n) is 5.72. The Labute approximate surface area is 93.6 Å². The Hall–Kier alpha value is -0.120. The van der Waals surface area contributed by atoms with Crippen molar-refractivity contribution in [2.24, 2.45) is 11.3 Å². The maximum Gasteiger partial charge on any atom is 0.0589 e. The predicted octanol–water partition coefficient (Wildman–Crippen LogP) is 0.983. The molecule has 90 valence electrons. The summed E-state index contributed by atoms with van der Waals surface area (Å²) in [6.07, 6.45) is 2.59. The van der Waals surface area contributed by atoms with Crippen LogP contribution in [0.4, 0.5) is 0 Å². The summed E-state index contributed by atoms with van der Waals surface area (Å²) in [7, 11) is 0. The van der Waals surface area contributed by atoms with Crippen LogP contribution in [0.2, 0.25) is 0 Å². The van der Waals surface area contributed by atoms with Crippen LogP contribution in [0.25, 0.3) is 0 Å². The Morgan fingerprint density at radius 3 is 2.67 bits per heavy atom. The molecule has 0 amide bonds. The summed E-state index contributed by atoms with van der Waals surface area (Å²) in [5, 5.41) is 16.2. The largest absolute Gasteiger partial charge is 0.395 e. The van der Waals surface area contributed by atoms with Crippen molar-refractivity contribution in [2.45, 2.75) is 39.7 Å². The fraction of sp³-hybridized carbons (Fsp3) is 1.00. The molecule has 1 aliphatic rings. The lowest BCUT2D eigenvalue weighted by Crippen LogP contribution is -2.47. The van der Waals surface area contributed by atoms with E-state index in [4.69, 9.17) is 0 Å². The van der Waals surface area contributed by atoms with Crippen molar-refractivity contribution in [2.75, 3.05) is 26.2 Å². The normalized spacial score (nSPS) is 25.2. The molecule has 0 aromatic heterocycles. The average molecular weight is 214 g/mol. The predicted molar refractivity (Wildman–Crippen MR) is 63.9 cm³/mol. The summed E-state index contributed by atoms with van der Waals surface area (Å²) in [5.41, 5.74) is 0.136. The SMILES string of the molecule is CC(C)(C)C(CO)NCC1CCCNC1. The molecule has 3 nitrogen and oxygen atoms in total. The van der Waals surface area contributed by atoms with Crippen LogP contribution in [0.1, 0.15) is 33.6 Å². The molecule has 0 radical (unpaired) electrons. The maximum atomic E-state index is 9.31. The molecule has 0 aromatic rings. The molecular formula is C12H26N2O. The fourth-order valence-corrected chi connectivity index (χ4v) is 2.05. The van der Waals surface area contributed by atoms with Crippen LogP contribution in [-0.4, -0.2) is 37.4 Å². The second kappa shape index (κ2) is 5.83. The Balaban J connectivity index is 2.27. The van der Waals surface area contributed by atoms with E-state index in [0.717, 1.165) is 19.0 Å². The highest BCUT2D eigenvalue weighted by Gasteiger charge is 2.24. The zero-order valence-corrected chi connectivity index (χ0v) is 10.3. The quantitative estimate of drug-likeness (QED) is 0.654. The first kappa shape index (κ1) is 12.9. The van der Waals surface area contributed by atoms with Crippen LogP contribution < -0.4 is 10.6 Å². The van der Waals surface area contributed by atoms with E-state index in [0.29, 0.717) is 0 Å². The zero-order chi connectivity index (χ0) is 11.3. The van der Waals surface area contributed by atoms with Crippen LogP contribution in [0, 0.1) is 11.3 Å². The molecule has 0 aromatic carbocycles. The molecule has 1 rings (SSSR count). The number of hydrogen-bond acceptors (Lipinski definition) is 3. The van der Waals surface area contributed by atoms with Gasteiger partial charge in [-0.05, 0) is 43.8 Å². The number of piperidine rings is 1. The van der Waals surface area contributed by atoms with E-state index in [1.54, 1.807) is 0 Å². The van der Waals surface area contributed by atoms with Gasteiger partial charge in [-0.2, -0.15) is 0 Å². The van der Waals surface area contributed by atoms with E-state index in [-0.39, 0.29) is 18.1 Å². The van der Waals surface area contributed by atoms with Gasteiger partial charge < -0.3 is 15.7 Å². The molecule has 1 heterocycles. The molecule has 0 aliphatic carbocycles. The minimum atomic E-state index is 0.136. The highest BCUT2D eigenvalue weighted by Crippen LogP contribution is 2.19. The van der Waals surface area contributed by atoms with Gasteiger partial charge in [0.2, 0.25) is 0 Å². The van der Waals surface area contributed by atoms with Crippen molar-refractivity contribution >= 4 is 0 Å². The van der Waals surface area contributed by atoms with E-state index >= 15 is 0 Å². The standard InChI is InChI=1S/C12H26N2O/c1-12(2,3)11(9-15)14-8-10-5-4-6-13-7-10/h10-11,13-15H,4-9H2,1-3H3. The van der Waals surface area contributed by atoms with Crippen LogP contribution in [0.3, 0.4) is 0 Å². The molecule has 1 aliphatic heterocycles. The van der Waals surface area contributed by atoms with Gasteiger partial charge in [-0.1, -0.05) is 20.8 Å². The van der Waals surface area contributed by atoms with Crippen molar-refractivity contribution in [1.82, 2.24) is 10.6 Å². The minimum absolute atomic E-state index is 0.136. The van der Waals surface area contributed by atoms with Gasteiger partial charge in [-0.3, -0.25) is 0 Å². The van der Waals surface area contributed by atoms with Gasteiger partial charge >= 0.3 is 0 Å². The number of aliphatic hydroxyl groups excluding tert-OH is 1. The summed E-state index contributed by atoms with van der Waals surface area (Å²) in [6, 6.07) is 0.208. The number of aliphatic hydroxyl groups is 1. The summed E-state index contributed by atoms with van der Waals surface area (Å²) in [6.45, 7) is 10.0. The van der Waals surface area contributed by atoms with Crippen molar-refractivity contribution in [1.29, 1.82) is 0 Å². The third-order valence-electron chi connectivity index (χ3n) is 3.28. The molecule has 15 heavy (non-hydrogen) atoms. The Morgan fingerprint density at radius 2 is 2.20 bits per heavy atom. The van der Waals surface area contributed by atoms with Gasteiger partial charge in [0.25, 0.3) is 0 Å². The topological polar surface area (TPSA) is 44.3 Å². The monoisotopic (exact) mass is 214 g/mol. The van der Waals surface area contributed by atoms with Crippen LogP contribution in [-0.2, 0) is 0 Å². The van der Waals surface area contributed by atoms with Crippen LogP contribution >= 0.6 is 0 Å². The summed E-state index contributed by atoms with van der Waals surface area (Å²) in [5.74, 6) is 0.732. The summed E-state index contributed by atoms with van der Waals surface area (Å²) in [4.78, 5) is 0. The number of rotatable bonds is 4. The lowest BCUT2D eigenvalue weighted by atomic mass is 9.86. The van der Waals surface area contributed by atoms with E-state index in [2.05, 4.69) is 31.4 Å². The van der Waals surface area contributed by atoms with E-state index in [1.807, 2.05) is 0 Å². The van der Waals surface area contributed by atoms with Gasteiger partial charge in [0.05, 0.1) is 6.61 Å². The molecule has 0 bridgehead atoms. The molecule has 0 spiro atoms. The molecule has 2 unspecified atom stereocenters. The molecule has 0 saturated carbocycles. The lowest BCUT2D eigenvalue weighted by Gasteiger charge is -2.32. The fourth-order valence-electron chi connectivity index (χ4n) is 2.05. The smallest absolute Gasteiger partial charge is 0.0589 e. The highest BCUT2D eigenvalue weighted by molar-refractivity contribution is 4.81. The van der Waals surface area contributed by atoms with Gasteiger partial charge in [0.1, 0.15) is 0 Å². The first-order valence-corrected chi connectivity index (χ1v) is 6.09. The van der Waals surface area contributed by atoms with E-state index in [9.17, 15) is 5.11 Å². The maximum absolute atomic E-state index is 9.31. The first-order valence-electron chi connectivity index (χ1n) is 6.09. The molecule has 3 N–H and O–H groups in total. The summed E-state index contributed by atoms with van der Waals surface area (Å²) < 4.78 is 0. The van der Waals surface area contributed by atoms with Gasteiger partial charge in [0.15, 0.2) is 0 Å². The van der Waals surface area contributed by atoms with Crippen LogP contribution in [0.5, 0.6) is 0 Å². The van der Waals surface area contributed by atoms with E-state index < -0.39 is 0 Å². The lowest BCUT2D eigenvalue weighted by molar-refractivity contribution is 0.152. The second-order valence-corrected chi connectivity index (χ2v) is 5.72. The van der Waals surface area contributed by atoms with Crippen molar-refractivity contribution < 1.29 is 5.11 Å². The third kappa shape index (κ3) is 4.49. The minimum Gasteiger partial charge on any atom is -0.395 e. The average Bonchev–Trinajstić information content (AvgIpc) is 2.18. The van der Waals surface area contributed by atoms with E-state index in [1.165, 1.54) is 19.4 Å². The zero-order valence-electron chi connectivity index (χ0n) is 10.3. The molecule has 1 fully saturated rings. The van der Waals surface area contributed by atoms with Crippen molar-refractivity contribution in [3.63, 3.8) is 0 Å². The van der Waals surface area contributed by atoms with Crippen LogP contribution in [0.15, 0.2) is 0 Å².